The van der Waals surface area contributed by atoms with E-state index in [0.29, 0.717) is 23.3 Å². The normalized spacial score (nSPS) is 14.4. The van der Waals surface area contributed by atoms with E-state index in [0.717, 1.165) is 4.90 Å². The van der Waals surface area contributed by atoms with Crippen molar-refractivity contribution in [2.45, 2.75) is 18.9 Å². The van der Waals surface area contributed by atoms with E-state index in [1.807, 2.05) is 18.2 Å². The van der Waals surface area contributed by atoms with Crippen molar-refractivity contribution < 1.29 is 24.2 Å². The maximum Gasteiger partial charge on any atom is 0.262 e. The Hall–Kier alpha value is -3.25. The second-order valence-corrected chi connectivity index (χ2v) is 6.38. The highest BCUT2D eigenvalue weighted by Gasteiger charge is 2.38. The average molecular weight is 379 g/mol. The first kappa shape index (κ1) is 19.5. The molecule has 1 atom stereocenters. The second-order valence-electron chi connectivity index (χ2n) is 6.38. The molecule has 6 nitrogen and oxygen atoms in total. The van der Waals surface area contributed by atoms with Crippen molar-refractivity contribution in [3.05, 3.63) is 77.9 Å². The Labute approximate surface area is 163 Å². The number of imide groups is 1. The Morgan fingerprint density at radius 2 is 1.61 bits per heavy atom. The van der Waals surface area contributed by atoms with E-state index < -0.39 is 17.9 Å². The van der Waals surface area contributed by atoms with Crippen molar-refractivity contribution >= 4 is 17.6 Å². The van der Waals surface area contributed by atoms with Crippen LogP contribution in [0.4, 0.5) is 0 Å². The first-order chi connectivity index (χ1) is 13.6. The highest BCUT2D eigenvalue weighted by atomic mass is 16.5. The van der Waals surface area contributed by atoms with Crippen LogP contribution in [0.25, 0.3) is 0 Å². The van der Waals surface area contributed by atoms with E-state index in [4.69, 9.17) is 4.74 Å². The van der Waals surface area contributed by atoms with Crippen LogP contribution in [0.5, 0.6) is 5.75 Å². The summed E-state index contributed by atoms with van der Waals surface area (Å²) in [5.74, 6) is -0.264. The lowest BCUT2D eigenvalue weighted by molar-refractivity contribution is -0.120. The molecule has 1 aliphatic heterocycles. The van der Waals surface area contributed by atoms with Crippen molar-refractivity contribution in [2.24, 2.45) is 0 Å². The van der Waals surface area contributed by atoms with Gasteiger partial charge in [-0.25, -0.2) is 0 Å². The number of hydrogen-bond donors (Lipinski definition) is 1. The minimum atomic E-state index is -0.761. The second kappa shape index (κ2) is 9.10. The molecule has 2 amide bonds. The van der Waals surface area contributed by atoms with Gasteiger partial charge in [0.1, 0.15) is 12.4 Å². The summed E-state index contributed by atoms with van der Waals surface area (Å²) < 4.78 is 5.40. The van der Waals surface area contributed by atoms with E-state index in [9.17, 15) is 19.5 Å². The summed E-state index contributed by atoms with van der Waals surface area (Å²) in [6, 6.07) is 14.9. The molecule has 0 fully saturated rings. The maximum atomic E-state index is 12.5. The topological polar surface area (TPSA) is 83.9 Å². The summed E-state index contributed by atoms with van der Waals surface area (Å²) in [4.78, 5) is 37.9. The Morgan fingerprint density at radius 1 is 1.00 bits per heavy atom. The van der Waals surface area contributed by atoms with Crippen LogP contribution in [0.15, 0.2) is 66.7 Å². The smallest absolute Gasteiger partial charge is 0.262 e. The number of ether oxygens (including phenoxy) is 1. The lowest BCUT2D eigenvalue weighted by atomic mass is 10.1. The largest absolute Gasteiger partial charge is 0.486 e. The quantitative estimate of drug-likeness (QED) is 0.535. The molecular formula is C22H21NO5. The van der Waals surface area contributed by atoms with Crippen LogP contribution in [0, 0.1) is 0 Å². The third kappa shape index (κ3) is 4.35. The molecule has 0 aromatic heterocycles. The molecule has 3 rings (SSSR count). The minimum absolute atomic E-state index is 0.0142. The van der Waals surface area contributed by atoms with Crippen molar-refractivity contribution in [1.82, 2.24) is 4.90 Å². The number of fused-ring (bicyclic) bond motifs is 1. The van der Waals surface area contributed by atoms with Gasteiger partial charge in [0.15, 0.2) is 5.78 Å². The molecule has 0 bridgehead atoms. The van der Waals surface area contributed by atoms with Gasteiger partial charge < -0.3 is 9.84 Å². The van der Waals surface area contributed by atoms with Crippen molar-refractivity contribution in [3.8, 4) is 5.75 Å². The Bertz CT molecular complexity index is 856. The molecule has 2 aromatic carbocycles. The highest BCUT2D eigenvalue weighted by Crippen LogP contribution is 2.24. The number of carbonyl (C=O) groups excluding carboxylic acids is 3. The summed E-state index contributed by atoms with van der Waals surface area (Å²) in [7, 11) is 0. The molecule has 0 saturated heterocycles. The summed E-state index contributed by atoms with van der Waals surface area (Å²) in [6.45, 7) is -0.396. The third-order valence-corrected chi connectivity index (χ3v) is 4.44. The molecule has 0 saturated carbocycles. The lowest BCUT2D eigenvalue weighted by Crippen LogP contribution is -2.40. The van der Waals surface area contributed by atoms with E-state index in [1.54, 1.807) is 48.6 Å². The number of nitrogens with zero attached hydrogens (tertiary/aromatic N) is 1. The van der Waals surface area contributed by atoms with Crippen LogP contribution >= 0.6 is 0 Å². The summed E-state index contributed by atoms with van der Waals surface area (Å²) in [5.41, 5.74) is 0.681. The van der Waals surface area contributed by atoms with Gasteiger partial charge in [-0.05, 0) is 30.7 Å². The van der Waals surface area contributed by atoms with Gasteiger partial charge >= 0.3 is 0 Å². The van der Waals surface area contributed by atoms with E-state index >= 15 is 0 Å². The number of aliphatic hydroxyl groups excluding tert-OH is 1. The lowest BCUT2D eigenvalue weighted by Gasteiger charge is -2.21. The van der Waals surface area contributed by atoms with Gasteiger partial charge in [0, 0.05) is 6.42 Å². The van der Waals surface area contributed by atoms with E-state index in [-0.39, 0.29) is 25.4 Å². The fraction of sp³-hybridized carbons (Fsp3) is 0.227. The predicted molar refractivity (Wildman–Crippen MR) is 103 cm³/mol. The van der Waals surface area contributed by atoms with Crippen LogP contribution < -0.4 is 4.74 Å². The van der Waals surface area contributed by atoms with E-state index in [2.05, 4.69) is 0 Å². The summed E-state index contributed by atoms with van der Waals surface area (Å²) in [6.07, 6.45) is 3.98. The van der Waals surface area contributed by atoms with Crippen molar-refractivity contribution in [1.29, 1.82) is 0 Å². The molecule has 0 unspecified atom stereocenters. The molecule has 0 radical (unpaired) electrons. The fourth-order valence-electron chi connectivity index (χ4n) is 2.99. The van der Waals surface area contributed by atoms with Gasteiger partial charge in [-0.3, -0.25) is 19.3 Å². The van der Waals surface area contributed by atoms with Crippen LogP contribution in [-0.2, 0) is 4.79 Å². The number of hydrogen-bond acceptors (Lipinski definition) is 5. The Balaban J connectivity index is 1.51. The zero-order valence-corrected chi connectivity index (χ0v) is 15.3. The molecule has 28 heavy (non-hydrogen) atoms. The molecule has 6 heteroatoms. The molecule has 144 valence electrons. The van der Waals surface area contributed by atoms with Gasteiger partial charge in [-0.2, -0.15) is 0 Å². The number of rotatable bonds is 9. The standard InChI is InChI=1S/C22H21NO5/c24-14-16(23-21(26)19-12-6-7-13-20(19)22(23)27)8-4-5-9-17(25)15-28-18-10-2-1-3-11-18/h1-4,6-8,10-13,16,24H,5,9,14-15H2/b8-4-/t16-/m1/s1. The molecule has 0 aliphatic carbocycles. The number of benzene rings is 2. The van der Waals surface area contributed by atoms with Gasteiger partial charge in [0.25, 0.3) is 11.8 Å². The molecule has 0 spiro atoms. The molecule has 1 N–H and O–H groups in total. The first-order valence-corrected chi connectivity index (χ1v) is 9.06. The monoisotopic (exact) mass is 379 g/mol. The molecule has 1 heterocycles. The van der Waals surface area contributed by atoms with Gasteiger partial charge in [0.2, 0.25) is 0 Å². The Kier molecular flexibility index (Phi) is 6.34. The van der Waals surface area contributed by atoms with Crippen LogP contribution in [0.1, 0.15) is 33.6 Å². The van der Waals surface area contributed by atoms with E-state index in [1.165, 1.54) is 0 Å². The third-order valence-electron chi connectivity index (χ3n) is 4.44. The predicted octanol–water partition coefficient (Wildman–Crippen LogP) is 2.63. The van der Waals surface area contributed by atoms with Crippen LogP contribution in [-0.4, -0.2) is 46.9 Å². The van der Waals surface area contributed by atoms with Gasteiger partial charge in [-0.15, -0.1) is 0 Å². The number of aliphatic hydroxyl groups is 1. The Morgan fingerprint density at radius 3 is 2.21 bits per heavy atom. The minimum Gasteiger partial charge on any atom is -0.486 e. The highest BCUT2D eigenvalue weighted by molar-refractivity contribution is 6.21. The van der Waals surface area contributed by atoms with Gasteiger partial charge in [-0.1, -0.05) is 42.5 Å². The van der Waals surface area contributed by atoms with Crippen molar-refractivity contribution in [3.63, 3.8) is 0 Å². The number of Topliss-reactive ketones (excluding diaryl/α,β-unsaturated/α-hetero) is 1. The summed E-state index contributed by atoms with van der Waals surface area (Å²) in [5, 5.41) is 9.64. The van der Waals surface area contributed by atoms with Crippen molar-refractivity contribution in [2.75, 3.05) is 13.2 Å². The zero-order chi connectivity index (χ0) is 19.9. The maximum absolute atomic E-state index is 12.5. The molecule has 1 aliphatic rings. The fourth-order valence-corrected chi connectivity index (χ4v) is 2.99. The number of para-hydroxylation sites is 1. The zero-order valence-electron chi connectivity index (χ0n) is 15.3. The first-order valence-electron chi connectivity index (χ1n) is 9.06. The average Bonchev–Trinajstić information content (AvgIpc) is 2.98. The number of ketones is 1. The molecule has 2 aromatic rings. The summed E-state index contributed by atoms with van der Waals surface area (Å²) >= 11 is 0. The van der Waals surface area contributed by atoms with Gasteiger partial charge in [0.05, 0.1) is 23.8 Å². The number of amides is 2. The number of carbonyl (C=O) groups is 3. The van der Waals surface area contributed by atoms with Crippen LogP contribution in [0.2, 0.25) is 0 Å². The SMILES string of the molecule is O=C(CC/C=C\[C@H](CO)N1C(=O)c2ccccc2C1=O)COc1ccccc1. The van der Waals surface area contributed by atoms with Crippen LogP contribution in [0.3, 0.4) is 0 Å². The number of allylic oxidation sites excluding steroid dienone is 1. The molecular weight excluding hydrogens is 358 g/mol.